The molecule has 0 radical (unpaired) electrons. The van der Waals surface area contributed by atoms with E-state index in [1.54, 1.807) is 0 Å². The van der Waals surface area contributed by atoms with Gasteiger partial charge in [0, 0.05) is 0 Å². The number of rotatable bonds is 2. The fourth-order valence-corrected chi connectivity index (χ4v) is 2.80. The highest BCUT2D eigenvalue weighted by Crippen LogP contribution is 2.57. The molecule has 0 aromatic heterocycles. The van der Waals surface area contributed by atoms with Crippen molar-refractivity contribution in [3.8, 4) is 6.07 Å². The summed E-state index contributed by atoms with van der Waals surface area (Å²) < 4.78 is 0. The molecule has 0 unspecified atom stereocenters. The van der Waals surface area contributed by atoms with Crippen molar-refractivity contribution in [2.45, 2.75) is 53.1 Å². The van der Waals surface area contributed by atoms with E-state index in [-0.39, 0.29) is 22.9 Å². The Hall–Kier alpha value is -0.550. The Balaban J connectivity index is 2.98. The molecule has 1 fully saturated rings. The van der Waals surface area contributed by atoms with Gasteiger partial charge in [0.05, 0.1) is 18.1 Å². The van der Waals surface area contributed by atoms with Crippen molar-refractivity contribution >= 4 is 0 Å². The Bertz CT molecular complexity index is 254. The molecule has 2 heteroatoms. The molecule has 1 aliphatic rings. The first-order valence-electron chi connectivity index (χ1n) is 5.47. The van der Waals surface area contributed by atoms with Gasteiger partial charge in [-0.05, 0) is 30.1 Å². The van der Waals surface area contributed by atoms with E-state index in [1.165, 1.54) is 0 Å². The second-order valence-corrected chi connectivity index (χ2v) is 5.28. The summed E-state index contributed by atoms with van der Waals surface area (Å²) in [6.45, 7) is 8.36. The van der Waals surface area contributed by atoms with Gasteiger partial charge in [-0.1, -0.05) is 27.7 Å². The molecule has 3 atom stereocenters. The molecule has 0 saturated heterocycles. The minimum atomic E-state index is -0.282. The third kappa shape index (κ3) is 1.35. The zero-order chi connectivity index (χ0) is 11.0. The fraction of sp³-hybridized carbons (Fsp3) is 0.917. The van der Waals surface area contributed by atoms with Gasteiger partial charge in [-0.2, -0.15) is 5.26 Å². The van der Waals surface area contributed by atoms with Crippen LogP contribution in [0.3, 0.4) is 0 Å². The summed E-state index contributed by atoms with van der Waals surface area (Å²) >= 11 is 0. The average molecular weight is 195 g/mol. The quantitative estimate of drug-likeness (QED) is 0.736. The molecule has 0 heterocycles. The van der Waals surface area contributed by atoms with Gasteiger partial charge in [0.2, 0.25) is 0 Å². The van der Waals surface area contributed by atoms with Crippen LogP contribution in [0.1, 0.15) is 47.0 Å². The Morgan fingerprint density at radius 2 is 2.07 bits per heavy atom. The van der Waals surface area contributed by atoms with Crippen LogP contribution in [0, 0.1) is 28.1 Å². The van der Waals surface area contributed by atoms with Crippen LogP contribution in [-0.2, 0) is 0 Å². The predicted molar refractivity (Wildman–Crippen MR) is 56.5 cm³/mol. The normalized spacial score (nSPS) is 37.9. The topological polar surface area (TPSA) is 44.0 Å². The molecule has 0 spiro atoms. The number of aliphatic hydroxyl groups is 1. The minimum absolute atomic E-state index is 0.0722. The molecule has 2 nitrogen and oxygen atoms in total. The summed E-state index contributed by atoms with van der Waals surface area (Å²) in [5.74, 6) is 0.0914. The van der Waals surface area contributed by atoms with Crippen LogP contribution in [0.15, 0.2) is 0 Å². The number of hydrogen-bond donors (Lipinski definition) is 1. The predicted octanol–water partition coefficient (Wildman–Crippen LogP) is 2.72. The van der Waals surface area contributed by atoms with Crippen LogP contribution in [-0.4, -0.2) is 11.2 Å². The summed E-state index contributed by atoms with van der Waals surface area (Å²) in [6.07, 6.45) is 2.39. The van der Waals surface area contributed by atoms with E-state index < -0.39 is 0 Å². The van der Waals surface area contributed by atoms with Crippen molar-refractivity contribution in [2.24, 2.45) is 16.7 Å². The van der Waals surface area contributed by atoms with Gasteiger partial charge >= 0.3 is 0 Å². The van der Waals surface area contributed by atoms with Crippen LogP contribution >= 0.6 is 0 Å². The van der Waals surface area contributed by atoms with E-state index in [4.69, 9.17) is 5.26 Å². The highest BCUT2D eigenvalue weighted by Gasteiger charge is 2.54. The van der Waals surface area contributed by atoms with Gasteiger partial charge < -0.3 is 5.11 Å². The van der Waals surface area contributed by atoms with Crippen LogP contribution in [0.5, 0.6) is 0 Å². The molecule has 80 valence electrons. The lowest BCUT2D eigenvalue weighted by atomic mass is 9.63. The maximum atomic E-state index is 10.1. The maximum Gasteiger partial charge on any atom is 0.0661 e. The van der Waals surface area contributed by atoms with E-state index in [0.29, 0.717) is 0 Å². The number of hydrogen-bond acceptors (Lipinski definition) is 2. The molecule has 14 heavy (non-hydrogen) atoms. The average Bonchev–Trinajstić information content (AvgIpc) is 2.38. The first-order valence-corrected chi connectivity index (χ1v) is 5.47. The zero-order valence-electron chi connectivity index (χ0n) is 9.67. The Labute approximate surface area is 86.9 Å². The molecular formula is C12H21NO. The first-order chi connectivity index (χ1) is 6.40. The second-order valence-electron chi connectivity index (χ2n) is 5.28. The Kier molecular flexibility index (Phi) is 2.92. The van der Waals surface area contributed by atoms with Crippen molar-refractivity contribution in [3.63, 3.8) is 0 Å². The van der Waals surface area contributed by atoms with Gasteiger partial charge in [-0.3, -0.25) is 0 Å². The molecular weight excluding hydrogens is 174 g/mol. The third-order valence-corrected chi connectivity index (χ3v) is 4.57. The Morgan fingerprint density at radius 1 is 1.50 bits per heavy atom. The molecule has 0 aromatic rings. The molecule has 1 N–H and O–H groups in total. The lowest BCUT2D eigenvalue weighted by Crippen LogP contribution is -2.42. The number of nitriles is 1. The lowest BCUT2D eigenvalue weighted by molar-refractivity contribution is -0.0377. The highest BCUT2D eigenvalue weighted by molar-refractivity contribution is 5.09. The van der Waals surface area contributed by atoms with E-state index >= 15 is 0 Å². The van der Waals surface area contributed by atoms with Crippen molar-refractivity contribution in [1.29, 1.82) is 5.26 Å². The minimum Gasteiger partial charge on any atom is -0.393 e. The van der Waals surface area contributed by atoms with Gasteiger partial charge in [0.25, 0.3) is 0 Å². The highest BCUT2D eigenvalue weighted by atomic mass is 16.3. The van der Waals surface area contributed by atoms with Crippen LogP contribution in [0.25, 0.3) is 0 Å². The molecule has 0 aromatic carbocycles. The summed E-state index contributed by atoms with van der Waals surface area (Å²) in [6, 6.07) is 2.38. The van der Waals surface area contributed by atoms with Crippen molar-refractivity contribution in [3.05, 3.63) is 0 Å². The van der Waals surface area contributed by atoms with Gasteiger partial charge in [0.15, 0.2) is 0 Å². The molecule has 1 aliphatic carbocycles. The summed E-state index contributed by atoms with van der Waals surface area (Å²) in [5, 5.41) is 19.1. The number of aliphatic hydroxyl groups excluding tert-OH is 1. The van der Waals surface area contributed by atoms with Crippen molar-refractivity contribution < 1.29 is 5.11 Å². The third-order valence-electron chi connectivity index (χ3n) is 4.57. The van der Waals surface area contributed by atoms with Crippen LogP contribution in [0.2, 0.25) is 0 Å². The van der Waals surface area contributed by atoms with Crippen molar-refractivity contribution in [1.82, 2.24) is 0 Å². The van der Waals surface area contributed by atoms with Gasteiger partial charge in [0.1, 0.15) is 0 Å². The SMILES string of the molecule is CC[C@H](O)[C@]1(C)CC[C@H](C#N)C1(C)C. The maximum absolute atomic E-state index is 10.1. The molecule has 0 amide bonds. The van der Waals surface area contributed by atoms with E-state index in [0.717, 1.165) is 19.3 Å². The summed E-state index contributed by atoms with van der Waals surface area (Å²) in [5.41, 5.74) is -0.167. The molecule has 0 aliphatic heterocycles. The van der Waals surface area contributed by atoms with Gasteiger partial charge in [-0.15, -0.1) is 0 Å². The largest absolute Gasteiger partial charge is 0.393 e. The monoisotopic (exact) mass is 195 g/mol. The summed E-state index contributed by atoms with van der Waals surface area (Å²) in [4.78, 5) is 0. The van der Waals surface area contributed by atoms with Crippen molar-refractivity contribution in [2.75, 3.05) is 0 Å². The summed E-state index contributed by atoms with van der Waals surface area (Å²) in [7, 11) is 0. The molecule has 1 saturated carbocycles. The second kappa shape index (κ2) is 3.55. The number of nitrogens with zero attached hydrogens (tertiary/aromatic N) is 1. The first kappa shape index (κ1) is 11.5. The molecule has 1 rings (SSSR count). The Morgan fingerprint density at radius 3 is 2.43 bits per heavy atom. The molecule has 0 bridgehead atoms. The van der Waals surface area contributed by atoms with Crippen LogP contribution < -0.4 is 0 Å². The van der Waals surface area contributed by atoms with Gasteiger partial charge in [-0.25, -0.2) is 0 Å². The van der Waals surface area contributed by atoms with E-state index in [9.17, 15) is 5.11 Å². The smallest absolute Gasteiger partial charge is 0.0661 e. The standard InChI is InChI=1S/C12H21NO/c1-5-10(14)12(4)7-6-9(8-13)11(12,2)3/h9-10,14H,5-7H2,1-4H3/t9-,10+,12+/m1/s1. The lowest BCUT2D eigenvalue weighted by Gasteiger charge is -2.43. The van der Waals surface area contributed by atoms with E-state index in [1.807, 2.05) is 6.92 Å². The van der Waals surface area contributed by atoms with E-state index in [2.05, 4.69) is 26.8 Å². The zero-order valence-corrected chi connectivity index (χ0v) is 9.67. The van der Waals surface area contributed by atoms with Crippen LogP contribution in [0.4, 0.5) is 0 Å². The fourth-order valence-electron chi connectivity index (χ4n) is 2.80.